The summed E-state index contributed by atoms with van der Waals surface area (Å²) >= 11 is 0. The van der Waals surface area contributed by atoms with E-state index in [4.69, 9.17) is 9.47 Å². The average Bonchev–Trinajstić information content (AvgIpc) is 2.87. The molecular formula is C19H26ClNO4. The highest BCUT2D eigenvalue weighted by Crippen LogP contribution is 2.31. The predicted molar refractivity (Wildman–Crippen MR) is 100 cm³/mol. The van der Waals surface area contributed by atoms with E-state index < -0.39 is 5.97 Å². The molecule has 2 rings (SSSR count). The molecule has 0 spiro atoms. The van der Waals surface area contributed by atoms with Crippen LogP contribution in [0.1, 0.15) is 25.3 Å². The van der Waals surface area contributed by atoms with E-state index in [0.717, 1.165) is 30.5 Å². The van der Waals surface area contributed by atoms with Gasteiger partial charge in [-0.25, -0.2) is 4.79 Å². The van der Waals surface area contributed by atoms with Crippen molar-refractivity contribution in [2.75, 3.05) is 33.9 Å². The third-order valence-corrected chi connectivity index (χ3v) is 3.93. The third kappa shape index (κ3) is 6.18. The summed E-state index contributed by atoms with van der Waals surface area (Å²) in [6.45, 7) is 2.73. The maximum absolute atomic E-state index is 12.5. The molecule has 0 heterocycles. The summed E-state index contributed by atoms with van der Waals surface area (Å²) in [4.78, 5) is 26.0. The summed E-state index contributed by atoms with van der Waals surface area (Å²) < 4.78 is 10.4. The predicted octanol–water partition coefficient (Wildman–Crippen LogP) is 2.97. The van der Waals surface area contributed by atoms with Gasteiger partial charge in [0.25, 0.3) is 0 Å². The van der Waals surface area contributed by atoms with Crippen LogP contribution < -0.4 is 4.74 Å². The minimum absolute atomic E-state index is 0. The first-order valence-corrected chi connectivity index (χ1v) is 8.28. The molecule has 0 radical (unpaired) electrons. The number of carbonyl (C=O) groups is 2. The van der Waals surface area contributed by atoms with Gasteiger partial charge in [-0.15, -0.1) is 12.4 Å². The largest absolute Gasteiger partial charge is 0.481 e. The van der Waals surface area contributed by atoms with Crippen LogP contribution in [0, 0.1) is 5.92 Å². The Kier molecular flexibility index (Phi) is 8.66. The third-order valence-electron chi connectivity index (χ3n) is 3.93. The van der Waals surface area contributed by atoms with Gasteiger partial charge in [-0.2, -0.15) is 0 Å². The molecular weight excluding hydrogens is 342 g/mol. The molecule has 0 saturated heterocycles. The van der Waals surface area contributed by atoms with E-state index in [1.54, 1.807) is 13.0 Å². The first kappa shape index (κ1) is 21.2. The Balaban J connectivity index is 0.00000312. The van der Waals surface area contributed by atoms with Crippen LogP contribution in [0.2, 0.25) is 0 Å². The maximum atomic E-state index is 12.5. The second-order valence-corrected chi connectivity index (χ2v) is 6.16. The Labute approximate surface area is 155 Å². The molecule has 25 heavy (non-hydrogen) atoms. The molecule has 0 aromatic heterocycles. The van der Waals surface area contributed by atoms with Crippen molar-refractivity contribution in [2.45, 2.75) is 19.8 Å². The average molecular weight is 368 g/mol. The zero-order valence-electron chi connectivity index (χ0n) is 15.0. The van der Waals surface area contributed by atoms with E-state index in [2.05, 4.69) is 0 Å². The Hall–Kier alpha value is -1.85. The van der Waals surface area contributed by atoms with Crippen LogP contribution in [0.4, 0.5) is 0 Å². The second kappa shape index (κ2) is 10.2. The number of rotatable bonds is 7. The summed E-state index contributed by atoms with van der Waals surface area (Å²) in [5, 5.41) is 0. The Morgan fingerprint density at radius 2 is 2.04 bits per heavy atom. The molecule has 0 amide bonds. The monoisotopic (exact) mass is 367 g/mol. The molecule has 0 N–H and O–H groups in total. The number of esters is 1. The molecule has 1 aromatic rings. The molecule has 5 nitrogen and oxygen atoms in total. The molecule has 1 unspecified atom stereocenters. The molecule has 138 valence electrons. The Morgan fingerprint density at radius 3 is 2.72 bits per heavy atom. The molecule has 1 saturated carbocycles. The van der Waals surface area contributed by atoms with Crippen LogP contribution in [-0.2, 0) is 14.3 Å². The van der Waals surface area contributed by atoms with E-state index in [1.165, 1.54) is 0 Å². The van der Waals surface area contributed by atoms with Crippen molar-refractivity contribution in [1.82, 2.24) is 4.90 Å². The van der Waals surface area contributed by atoms with Crippen molar-refractivity contribution in [2.24, 2.45) is 5.92 Å². The highest BCUT2D eigenvalue weighted by atomic mass is 35.5. The zero-order chi connectivity index (χ0) is 17.5. The van der Waals surface area contributed by atoms with Gasteiger partial charge in [0.1, 0.15) is 5.75 Å². The molecule has 6 heteroatoms. The first-order valence-electron chi connectivity index (χ1n) is 8.28. The van der Waals surface area contributed by atoms with Crippen LogP contribution in [0.3, 0.4) is 0 Å². The lowest BCUT2D eigenvalue weighted by Crippen LogP contribution is -2.24. The summed E-state index contributed by atoms with van der Waals surface area (Å²) in [5.74, 6) is 0.465. The number of ketones is 1. The van der Waals surface area contributed by atoms with Crippen molar-refractivity contribution in [3.05, 3.63) is 35.4 Å². The van der Waals surface area contributed by atoms with Gasteiger partial charge in [0.2, 0.25) is 0 Å². The van der Waals surface area contributed by atoms with E-state index in [1.807, 2.05) is 43.3 Å². The van der Waals surface area contributed by atoms with Gasteiger partial charge < -0.3 is 14.4 Å². The summed E-state index contributed by atoms with van der Waals surface area (Å²) in [5.41, 5.74) is 1.64. The highest BCUT2D eigenvalue weighted by Gasteiger charge is 2.29. The van der Waals surface area contributed by atoms with Gasteiger partial charge in [0.05, 0.1) is 6.61 Å². The number of ether oxygens (including phenoxy) is 2. The van der Waals surface area contributed by atoms with Gasteiger partial charge in [-0.1, -0.05) is 18.2 Å². The van der Waals surface area contributed by atoms with Crippen LogP contribution in [-0.4, -0.2) is 50.5 Å². The van der Waals surface area contributed by atoms with Crippen LogP contribution in [0.25, 0.3) is 6.08 Å². The Bertz CT molecular complexity index is 628. The standard InChI is InChI=1S/C19H25NO4.ClH/c1-4-23-18(21)13-24-17-8-6-5-7-14(17)11-15-9-10-16(19(15)22)12-20(2)3;/h5-8,11,16H,4,9-10,12-13H2,1-3H3;1H/b15-11+;. The lowest BCUT2D eigenvalue weighted by molar-refractivity contribution is -0.145. The number of benzene rings is 1. The molecule has 0 bridgehead atoms. The summed E-state index contributed by atoms with van der Waals surface area (Å²) in [6.07, 6.45) is 3.55. The van der Waals surface area contributed by atoms with Crippen LogP contribution in [0.15, 0.2) is 29.8 Å². The minimum atomic E-state index is -0.400. The van der Waals surface area contributed by atoms with Gasteiger partial charge in [-0.05, 0) is 51.6 Å². The van der Waals surface area contributed by atoms with E-state index in [9.17, 15) is 9.59 Å². The van der Waals surface area contributed by atoms with Crippen molar-refractivity contribution < 1.29 is 19.1 Å². The van der Waals surface area contributed by atoms with Gasteiger partial charge in [0.15, 0.2) is 12.4 Å². The fraction of sp³-hybridized carbons (Fsp3) is 0.474. The molecule has 1 fully saturated rings. The maximum Gasteiger partial charge on any atom is 0.344 e. The topological polar surface area (TPSA) is 55.8 Å². The van der Waals surface area contributed by atoms with Crippen molar-refractivity contribution in [3.63, 3.8) is 0 Å². The number of nitrogens with zero attached hydrogens (tertiary/aromatic N) is 1. The number of para-hydroxylation sites is 1. The molecule has 1 aliphatic rings. The number of Topliss-reactive ketones (excluding diaryl/α,β-unsaturated/α-hetero) is 1. The second-order valence-electron chi connectivity index (χ2n) is 6.16. The van der Waals surface area contributed by atoms with E-state index in [-0.39, 0.29) is 30.7 Å². The van der Waals surface area contributed by atoms with Crippen molar-refractivity contribution in [3.8, 4) is 5.75 Å². The summed E-state index contributed by atoms with van der Waals surface area (Å²) in [6, 6.07) is 7.41. The quantitative estimate of drug-likeness (QED) is 0.547. The van der Waals surface area contributed by atoms with E-state index in [0.29, 0.717) is 12.4 Å². The molecule has 1 aromatic carbocycles. The zero-order valence-corrected chi connectivity index (χ0v) is 15.8. The number of halogens is 1. The van der Waals surface area contributed by atoms with E-state index >= 15 is 0 Å². The highest BCUT2D eigenvalue weighted by molar-refractivity contribution is 6.03. The van der Waals surface area contributed by atoms with Crippen LogP contribution in [0.5, 0.6) is 5.75 Å². The smallest absolute Gasteiger partial charge is 0.344 e. The number of carbonyl (C=O) groups excluding carboxylic acids is 2. The summed E-state index contributed by atoms with van der Waals surface area (Å²) in [7, 11) is 3.96. The fourth-order valence-electron chi connectivity index (χ4n) is 2.86. The minimum Gasteiger partial charge on any atom is -0.481 e. The Morgan fingerprint density at radius 1 is 1.32 bits per heavy atom. The normalized spacial score (nSPS) is 18.3. The lowest BCUT2D eigenvalue weighted by Gasteiger charge is -2.13. The van der Waals surface area contributed by atoms with Crippen molar-refractivity contribution in [1.29, 1.82) is 0 Å². The SMILES string of the molecule is CCOC(=O)COc1ccccc1/C=C1\CCC(CN(C)C)C1=O.Cl. The van der Waals surface area contributed by atoms with Gasteiger partial charge in [-0.3, -0.25) is 4.79 Å². The number of hydrogen-bond donors (Lipinski definition) is 0. The lowest BCUT2D eigenvalue weighted by atomic mass is 10.0. The molecule has 0 aliphatic heterocycles. The molecule has 1 atom stereocenters. The van der Waals surface area contributed by atoms with Gasteiger partial charge in [0, 0.05) is 18.0 Å². The number of hydrogen-bond acceptors (Lipinski definition) is 5. The number of allylic oxidation sites excluding steroid dienone is 1. The first-order chi connectivity index (χ1) is 11.5. The van der Waals surface area contributed by atoms with Gasteiger partial charge >= 0.3 is 5.97 Å². The van der Waals surface area contributed by atoms with Crippen molar-refractivity contribution >= 4 is 30.2 Å². The molecule has 1 aliphatic carbocycles. The fourth-order valence-corrected chi connectivity index (χ4v) is 2.86. The van der Waals surface area contributed by atoms with Crippen LogP contribution >= 0.6 is 12.4 Å².